The van der Waals surface area contributed by atoms with Gasteiger partial charge < -0.3 is 10.2 Å². The summed E-state index contributed by atoms with van der Waals surface area (Å²) >= 11 is 7.63. The van der Waals surface area contributed by atoms with Crippen LogP contribution in [0.15, 0.2) is 12.1 Å². The van der Waals surface area contributed by atoms with E-state index in [0.717, 1.165) is 16.8 Å². The molecule has 0 saturated carbocycles. The van der Waals surface area contributed by atoms with Crippen LogP contribution in [0.4, 0.5) is 0 Å². The maximum absolute atomic E-state index is 5.97. The standard InChI is InChI=1S/C14H25ClN2S/c1-10(2)8-12(17(4)5)9-16-11(3)13-6-7-14(15)18-13/h6-7,10-12,16H,8-9H2,1-5H3. The number of halogens is 1. The molecular formula is C14H25ClN2S. The molecule has 0 fully saturated rings. The summed E-state index contributed by atoms with van der Waals surface area (Å²) in [6, 6.07) is 5.04. The van der Waals surface area contributed by atoms with Crippen molar-refractivity contribution in [3.8, 4) is 0 Å². The number of rotatable bonds is 7. The van der Waals surface area contributed by atoms with Gasteiger partial charge in [-0.2, -0.15) is 0 Å². The molecule has 1 aromatic heterocycles. The van der Waals surface area contributed by atoms with Gasteiger partial charge in [-0.05, 0) is 45.5 Å². The molecule has 0 aliphatic heterocycles. The monoisotopic (exact) mass is 288 g/mol. The van der Waals surface area contributed by atoms with E-state index in [1.165, 1.54) is 11.3 Å². The van der Waals surface area contributed by atoms with Crippen molar-refractivity contribution in [1.82, 2.24) is 10.2 Å². The first-order chi connectivity index (χ1) is 8.40. The third-order valence-corrected chi connectivity index (χ3v) is 4.57. The number of likely N-dealkylation sites (N-methyl/N-ethyl adjacent to an activating group) is 1. The fraction of sp³-hybridized carbons (Fsp3) is 0.714. The molecule has 1 N–H and O–H groups in total. The molecule has 2 atom stereocenters. The molecule has 0 aliphatic carbocycles. The summed E-state index contributed by atoms with van der Waals surface area (Å²) in [6.07, 6.45) is 1.22. The SMILES string of the molecule is CC(C)CC(CNC(C)c1ccc(Cl)s1)N(C)C. The van der Waals surface area contributed by atoms with Crippen LogP contribution in [0.3, 0.4) is 0 Å². The molecule has 1 heterocycles. The highest BCUT2D eigenvalue weighted by atomic mass is 35.5. The first-order valence-corrected chi connectivity index (χ1v) is 7.74. The number of thiophene rings is 1. The van der Waals surface area contributed by atoms with E-state index in [1.54, 1.807) is 11.3 Å². The fourth-order valence-corrected chi connectivity index (χ4v) is 3.08. The maximum Gasteiger partial charge on any atom is 0.0931 e. The van der Waals surface area contributed by atoms with E-state index in [9.17, 15) is 0 Å². The number of nitrogens with zero attached hydrogens (tertiary/aromatic N) is 1. The van der Waals surface area contributed by atoms with Crippen molar-refractivity contribution < 1.29 is 0 Å². The lowest BCUT2D eigenvalue weighted by atomic mass is 10.0. The molecule has 2 unspecified atom stereocenters. The van der Waals surface area contributed by atoms with Crippen LogP contribution in [0, 0.1) is 5.92 Å². The third kappa shape index (κ3) is 5.27. The Morgan fingerprint density at radius 1 is 1.28 bits per heavy atom. The predicted molar refractivity (Wildman–Crippen MR) is 82.7 cm³/mol. The molecule has 2 nitrogen and oxygen atoms in total. The van der Waals surface area contributed by atoms with Crippen molar-refractivity contribution in [2.45, 2.75) is 39.3 Å². The van der Waals surface area contributed by atoms with E-state index in [-0.39, 0.29) is 0 Å². The molecule has 0 radical (unpaired) electrons. The third-order valence-electron chi connectivity index (χ3n) is 3.15. The van der Waals surface area contributed by atoms with Gasteiger partial charge in [0.15, 0.2) is 0 Å². The highest BCUT2D eigenvalue weighted by molar-refractivity contribution is 7.16. The van der Waals surface area contributed by atoms with Crippen molar-refractivity contribution >= 4 is 22.9 Å². The molecule has 0 saturated heterocycles. The van der Waals surface area contributed by atoms with E-state index >= 15 is 0 Å². The van der Waals surface area contributed by atoms with Crippen LogP contribution in [0.1, 0.15) is 38.1 Å². The fourth-order valence-electron chi connectivity index (χ4n) is 2.00. The normalized spacial score (nSPS) is 15.3. The summed E-state index contributed by atoms with van der Waals surface area (Å²) < 4.78 is 0.866. The highest BCUT2D eigenvalue weighted by Gasteiger charge is 2.15. The molecule has 0 spiro atoms. The number of hydrogen-bond acceptors (Lipinski definition) is 3. The second-order valence-electron chi connectivity index (χ2n) is 5.52. The molecular weight excluding hydrogens is 264 g/mol. The van der Waals surface area contributed by atoms with Crippen LogP contribution in [-0.2, 0) is 0 Å². The van der Waals surface area contributed by atoms with Gasteiger partial charge in [0.05, 0.1) is 4.34 Å². The van der Waals surface area contributed by atoms with Gasteiger partial charge >= 0.3 is 0 Å². The average molecular weight is 289 g/mol. The van der Waals surface area contributed by atoms with Gasteiger partial charge in [-0.3, -0.25) is 0 Å². The van der Waals surface area contributed by atoms with E-state index in [1.807, 2.05) is 6.07 Å². The van der Waals surface area contributed by atoms with E-state index in [4.69, 9.17) is 11.6 Å². The van der Waals surface area contributed by atoms with Gasteiger partial charge in [-0.1, -0.05) is 25.4 Å². The average Bonchev–Trinajstić information content (AvgIpc) is 2.69. The Hall–Kier alpha value is -0.0900. The Bertz CT molecular complexity index is 349. The molecule has 104 valence electrons. The maximum atomic E-state index is 5.97. The van der Waals surface area contributed by atoms with Gasteiger partial charge in [-0.15, -0.1) is 11.3 Å². The number of hydrogen-bond donors (Lipinski definition) is 1. The lowest BCUT2D eigenvalue weighted by Crippen LogP contribution is -2.39. The Kier molecular flexibility index (Phi) is 6.64. The summed E-state index contributed by atoms with van der Waals surface area (Å²) in [6.45, 7) is 7.77. The van der Waals surface area contributed by atoms with Crippen molar-refractivity contribution in [1.29, 1.82) is 0 Å². The second-order valence-corrected chi connectivity index (χ2v) is 7.27. The van der Waals surface area contributed by atoms with Gasteiger partial charge in [0.1, 0.15) is 0 Å². The zero-order chi connectivity index (χ0) is 13.7. The summed E-state index contributed by atoms with van der Waals surface area (Å²) in [5.74, 6) is 0.727. The van der Waals surface area contributed by atoms with Gasteiger partial charge in [0, 0.05) is 23.5 Å². The highest BCUT2D eigenvalue weighted by Crippen LogP contribution is 2.26. The van der Waals surface area contributed by atoms with Crippen LogP contribution in [0.2, 0.25) is 4.34 Å². The minimum atomic E-state index is 0.372. The molecule has 1 aromatic rings. The van der Waals surface area contributed by atoms with Gasteiger partial charge in [-0.25, -0.2) is 0 Å². The van der Waals surface area contributed by atoms with E-state index in [0.29, 0.717) is 12.1 Å². The predicted octanol–water partition coefficient (Wildman–Crippen LogP) is 4.03. The van der Waals surface area contributed by atoms with Gasteiger partial charge in [0.2, 0.25) is 0 Å². The van der Waals surface area contributed by atoms with Crippen molar-refractivity contribution in [3.05, 3.63) is 21.3 Å². The Labute approximate surface area is 120 Å². The van der Waals surface area contributed by atoms with Crippen LogP contribution in [0.5, 0.6) is 0 Å². The minimum absolute atomic E-state index is 0.372. The first-order valence-electron chi connectivity index (χ1n) is 6.55. The minimum Gasteiger partial charge on any atom is -0.308 e. The topological polar surface area (TPSA) is 15.3 Å². The van der Waals surface area contributed by atoms with Crippen molar-refractivity contribution in [2.24, 2.45) is 5.92 Å². The zero-order valence-corrected chi connectivity index (χ0v) is 13.6. The first kappa shape index (κ1) is 16.0. The van der Waals surface area contributed by atoms with Crippen LogP contribution in [-0.4, -0.2) is 31.6 Å². The lowest BCUT2D eigenvalue weighted by molar-refractivity contribution is 0.242. The summed E-state index contributed by atoms with van der Waals surface area (Å²) in [7, 11) is 4.31. The van der Waals surface area contributed by atoms with E-state index in [2.05, 4.69) is 51.1 Å². The molecule has 0 aromatic carbocycles. The summed E-state index contributed by atoms with van der Waals surface area (Å²) in [4.78, 5) is 3.61. The summed E-state index contributed by atoms with van der Waals surface area (Å²) in [5, 5.41) is 3.61. The van der Waals surface area contributed by atoms with Crippen LogP contribution in [0.25, 0.3) is 0 Å². The van der Waals surface area contributed by atoms with Crippen LogP contribution >= 0.6 is 22.9 Å². The van der Waals surface area contributed by atoms with Gasteiger partial charge in [0.25, 0.3) is 0 Å². The lowest BCUT2D eigenvalue weighted by Gasteiger charge is -2.27. The molecule has 1 rings (SSSR count). The van der Waals surface area contributed by atoms with Crippen molar-refractivity contribution in [3.63, 3.8) is 0 Å². The molecule has 0 aliphatic rings. The summed E-state index contributed by atoms with van der Waals surface area (Å²) in [5.41, 5.74) is 0. The zero-order valence-electron chi connectivity index (χ0n) is 12.0. The molecule has 0 bridgehead atoms. The Morgan fingerprint density at radius 3 is 2.39 bits per heavy atom. The quantitative estimate of drug-likeness (QED) is 0.815. The number of nitrogens with one attached hydrogen (secondary N) is 1. The molecule has 4 heteroatoms. The second kappa shape index (κ2) is 7.49. The van der Waals surface area contributed by atoms with Crippen LogP contribution < -0.4 is 5.32 Å². The van der Waals surface area contributed by atoms with Crippen molar-refractivity contribution in [2.75, 3.05) is 20.6 Å². The Morgan fingerprint density at radius 2 is 1.94 bits per heavy atom. The Balaban J connectivity index is 2.46. The molecule has 0 amide bonds. The molecule has 18 heavy (non-hydrogen) atoms. The van der Waals surface area contributed by atoms with E-state index < -0.39 is 0 Å². The smallest absolute Gasteiger partial charge is 0.0931 e. The largest absolute Gasteiger partial charge is 0.308 e.